The minimum absolute atomic E-state index is 0.0468. The van der Waals surface area contributed by atoms with Crippen LogP contribution in [0.2, 0.25) is 0 Å². The highest BCUT2D eigenvalue weighted by Crippen LogP contribution is 2.36. The average molecular weight is 368 g/mol. The molecule has 2 atom stereocenters. The maximum absolute atomic E-state index is 12.8. The largest absolute Gasteiger partial charge is 0.393 e. The molecule has 134 valence electrons. The predicted octanol–water partition coefficient (Wildman–Crippen LogP) is 0.482. The zero-order chi connectivity index (χ0) is 18.1. The van der Waals surface area contributed by atoms with Gasteiger partial charge in [0, 0.05) is 24.5 Å². The maximum Gasteiger partial charge on any atom is 0.393 e. The Balaban J connectivity index is 2.15. The number of alkyl halides is 3. The Hall–Kier alpha value is -1.76. The van der Waals surface area contributed by atoms with Gasteiger partial charge < -0.3 is 10.2 Å². The van der Waals surface area contributed by atoms with E-state index in [0.29, 0.717) is 0 Å². The molecule has 0 aliphatic carbocycles. The third-order valence-electron chi connectivity index (χ3n) is 3.55. The number of carbonyl (C=O) groups is 1. The first-order valence-electron chi connectivity index (χ1n) is 6.69. The van der Waals surface area contributed by atoms with E-state index >= 15 is 0 Å². The summed E-state index contributed by atoms with van der Waals surface area (Å²) in [6.45, 7) is -0.461. The van der Waals surface area contributed by atoms with Crippen molar-refractivity contribution in [3.8, 4) is 0 Å². The van der Waals surface area contributed by atoms with Crippen molar-refractivity contribution in [3.63, 3.8) is 0 Å². The molecule has 1 amide bonds. The molecule has 1 aliphatic rings. The highest BCUT2D eigenvalue weighted by Gasteiger charge is 2.50. The molecule has 0 spiro atoms. The van der Waals surface area contributed by atoms with E-state index < -0.39 is 52.1 Å². The van der Waals surface area contributed by atoms with Crippen LogP contribution in [0, 0.1) is 5.92 Å². The summed E-state index contributed by atoms with van der Waals surface area (Å²) in [5.74, 6) is -2.44. The zero-order valence-corrected chi connectivity index (χ0v) is 13.3. The minimum atomic E-state index is -4.44. The first-order chi connectivity index (χ1) is 11.0. The second-order valence-electron chi connectivity index (χ2n) is 5.19. The van der Waals surface area contributed by atoms with E-state index in [4.69, 9.17) is 9.98 Å². The van der Waals surface area contributed by atoms with E-state index in [1.54, 1.807) is 0 Å². The molecule has 2 rings (SSSR count). The Bertz CT molecular complexity index is 725. The topological polar surface area (TPSA) is 115 Å². The van der Waals surface area contributed by atoms with Crippen LogP contribution in [0.4, 0.5) is 18.9 Å². The molecule has 0 aromatic carbocycles. The molecule has 8 nitrogen and oxygen atoms in total. The monoisotopic (exact) mass is 368 g/mol. The Morgan fingerprint density at radius 3 is 2.71 bits per heavy atom. The van der Waals surface area contributed by atoms with E-state index in [1.807, 2.05) is 0 Å². The number of halogens is 3. The maximum atomic E-state index is 12.8. The lowest BCUT2D eigenvalue weighted by Gasteiger charge is -2.20. The summed E-state index contributed by atoms with van der Waals surface area (Å²) in [6.07, 6.45) is -3.80. The molecule has 1 aromatic rings. The highest BCUT2D eigenvalue weighted by atomic mass is 32.2. The normalized spacial score (nSPS) is 22.5. The standard InChI is InChI=1S/C12H15F3N4O4S/c1-23-19-6-7(12(13,14)15)4-9(19)11(20)18-8-2-3-17-10(5-8)24(16,21)22/h2-3,5,7,9H,4,6H2,1H3,(H2,16,21,22)(H,17,18,20). The first kappa shape index (κ1) is 18.6. The van der Waals surface area contributed by atoms with E-state index in [0.717, 1.165) is 17.3 Å². The van der Waals surface area contributed by atoms with Crippen LogP contribution in [0.1, 0.15) is 6.42 Å². The van der Waals surface area contributed by atoms with Gasteiger partial charge in [0.25, 0.3) is 10.0 Å². The number of primary sulfonamides is 1. The lowest BCUT2D eigenvalue weighted by atomic mass is 10.0. The summed E-state index contributed by atoms with van der Waals surface area (Å²) in [4.78, 5) is 20.6. The molecule has 24 heavy (non-hydrogen) atoms. The van der Waals surface area contributed by atoms with Gasteiger partial charge in [-0.1, -0.05) is 0 Å². The van der Waals surface area contributed by atoms with Gasteiger partial charge in [0.1, 0.15) is 6.04 Å². The lowest BCUT2D eigenvalue weighted by molar-refractivity contribution is -0.187. The Morgan fingerprint density at radius 1 is 1.50 bits per heavy atom. The average Bonchev–Trinajstić information content (AvgIpc) is 2.91. The molecule has 0 saturated carbocycles. The van der Waals surface area contributed by atoms with Gasteiger partial charge in [0.05, 0.1) is 13.0 Å². The van der Waals surface area contributed by atoms with Crippen LogP contribution in [0.15, 0.2) is 23.4 Å². The van der Waals surface area contributed by atoms with E-state index in [2.05, 4.69) is 10.3 Å². The van der Waals surface area contributed by atoms with Crippen molar-refractivity contribution in [1.29, 1.82) is 0 Å². The fourth-order valence-corrected chi connectivity index (χ4v) is 2.85. The second kappa shape index (κ2) is 6.63. The van der Waals surface area contributed by atoms with Crippen LogP contribution < -0.4 is 10.5 Å². The Morgan fingerprint density at radius 2 is 2.17 bits per heavy atom. The number of sulfonamides is 1. The molecule has 1 saturated heterocycles. The quantitative estimate of drug-likeness (QED) is 0.799. The van der Waals surface area contributed by atoms with Crippen LogP contribution in [0.3, 0.4) is 0 Å². The van der Waals surface area contributed by atoms with Crippen molar-refractivity contribution in [1.82, 2.24) is 10.0 Å². The SMILES string of the molecule is CON1CC(C(F)(F)F)CC1C(=O)Nc1ccnc(S(N)(=O)=O)c1. The number of pyridine rings is 1. The number of aromatic nitrogens is 1. The van der Waals surface area contributed by atoms with Gasteiger partial charge in [-0.15, -0.1) is 0 Å². The molecule has 0 radical (unpaired) electrons. The Labute approximate surface area is 135 Å². The number of nitrogens with two attached hydrogens (primary N) is 1. The van der Waals surface area contributed by atoms with Crippen LogP contribution in [-0.4, -0.2) is 50.2 Å². The third kappa shape index (κ3) is 4.20. The van der Waals surface area contributed by atoms with Crippen molar-refractivity contribution in [2.75, 3.05) is 19.0 Å². The molecule has 12 heteroatoms. The number of hydrogen-bond donors (Lipinski definition) is 2. The molecule has 0 bridgehead atoms. The van der Waals surface area contributed by atoms with Gasteiger partial charge in [-0.2, -0.15) is 18.2 Å². The van der Waals surface area contributed by atoms with E-state index in [-0.39, 0.29) is 5.69 Å². The van der Waals surface area contributed by atoms with Crippen LogP contribution in [0.25, 0.3) is 0 Å². The van der Waals surface area contributed by atoms with Gasteiger partial charge in [-0.3, -0.25) is 4.79 Å². The first-order valence-corrected chi connectivity index (χ1v) is 8.24. The second-order valence-corrected chi connectivity index (χ2v) is 6.70. The fourth-order valence-electron chi connectivity index (χ4n) is 2.35. The Kier molecular flexibility index (Phi) is 5.13. The smallest absolute Gasteiger partial charge is 0.324 e. The summed E-state index contributed by atoms with van der Waals surface area (Å²) in [5.41, 5.74) is 0.0468. The van der Waals surface area contributed by atoms with Crippen molar-refractivity contribution >= 4 is 21.6 Å². The molecular weight excluding hydrogens is 353 g/mol. The summed E-state index contributed by atoms with van der Waals surface area (Å²) < 4.78 is 60.9. The number of carbonyl (C=O) groups excluding carboxylic acids is 1. The third-order valence-corrected chi connectivity index (χ3v) is 4.36. The number of amides is 1. The minimum Gasteiger partial charge on any atom is -0.324 e. The van der Waals surface area contributed by atoms with Gasteiger partial charge in [0.2, 0.25) is 5.91 Å². The molecule has 1 fully saturated rings. The number of hydroxylamine groups is 2. The van der Waals surface area contributed by atoms with Gasteiger partial charge in [0.15, 0.2) is 5.03 Å². The number of nitrogens with one attached hydrogen (secondary N) is 1. The van der Waals surface area contributed by atoms with Crippen LogP contribution >= 0.6 is 0 Å². The molecular formula is C12H15F3N4O4S. The lowest BCUT2D eigenvalue weighted by Crippen LogP contribution is -2.38. The van der Waals surface area contributed by atoms with Gasteiger partial charge >= 0.3 is 6.18 Å². The number of nitrogens with zero attached hydrogens (tertiary/aromatic N) is 2. The van der Waals surface area contributed by atoms with Crippen molar-refractivity contribution in [3.05, 3.63) is 18.3 Å². The van der Waals surface area contributed by atoms with Crippen LogP contribution in [0.5, 0.6) is 0 Å². The molecule has 2 heterocycles. The molecule has 1 aromatic heterocycles. The zero-order valence-electron chi connectivity index (χ0n) is 12.4. The number of hydrogen-bond acceptors (Lipinski definition) is 6. The predicted molar refractivity (Wildman–Crippen MR) is 75.9 cm³/mol. The van der Waals surface area contributed by atoms with Crippen molar-refractivity contribution in [2.45, 2.75) is 23.7 Å². The molecule has 1 aliphatic heterocycles. The van der Waals surface area contributed by atoms with E-state index in [9.17, 15) is 26.4 Å². The van der Waals surface area contributed by atoms with Gasteiger partial charge in [-0.25, -0.2) is 18.5 Å². The number of anilines is 1. The highest BCUT2D eigenvalue weighted by molar-refractivity contribution is 7.89. The van der Waals surface area contributed by atoms with E-state index in [1.165, 1.54) is 13.2 Å². The summed E-state index contributed by atoms with van der Waals surface area (Å²) in [7, 11) is -2.90. The summed E-state index contributed by atoms with van der Waals surface area (Å²) >= 11 is 0. The van der Waals surface area contributed by atoms with Crippen LogP contribution in [-0.2, 0) is 19.7 Å². The molecule has 3 N–H and O–H groups in total. The fraction of sp³-hybridized carbons (Fsp3) is 0.500. The van der Waals surface area contributed by atoms with Gasteiger partial charge in [-0.05, 0) is 12.5 Å². The van der Waals surface area contributed by atoms with Crippen molar-refractivity contribution in [2.24, 2.45) is 11.1 Å². The summed E-state index contributed by atoms with van der Waals surface area (Å²) in [5, 5.41) is 7.75. The number of rotatable bonds is 4. The molecule has 2 unspecified atom stereocenters. The summed E-state index contributed by atoms with van der Waals surface area (Å²) in [6, 6.07) is 1.15. The van der Waals surface area contributed by atoms with Crippen molar-refractivity contribution < 1.29 is 31.2 Å².